The molecule has 0 N–H and O–H groups in total. The molecule has 1 aromatic rings. The van der Waals surface area contributed by atoms with Crippen LogP contribution in [0.1, 0.15) is 24.8 Å². The van der Waals surface area contributed by atoms with Gasteiger partial charge in [0.15, 0.2) is 0 Å². The first-order valence-corrected chi connectivity index (χ1v) is 6.35. The number of nitrogens with zero attached hydrogens (tertiary/aromatic N) is 1. The van der Waals surface area contributed by atoms with Crippen molar-refractivity contribution in [3.05, 3.63) is 37.0 Å². The lowest BCUT2D eigenvalue weighted by Gasteiger charge is -2.00. The summed E-state index contributed by atoms with van der Waals surface area (Å²) in [6.45, 7) is 3.81. The van der Waals surface area contributed by atoms with E-state index in [-0.39, 0.29) is 0 Å². The molecule has 0 saturated carbocycles. The van der Waals surface area contributed by atoms with Gasteiger partial charge >= 0.3 is 0 Å². The highest BCUT2D eigenvalue weighted by molar-refractivity contribution is 7.99. The van der Waals surface area contributed by atoms with Crippen LogP contribution in [0.4, 0.5) is 0 Å². The number of hydrogen-bond donors (Lipinski definition) is 0. The number of rotatable bonds is 7. The highest BCUT2D eigenvalue weighted by Gasteiger charge is 1.92. The van der Waals surface area contributed by atoms with E-state index in [0.717, 1.165) is 5.75 Å². The predicted molar refractivity (Wildman–Crippen MR) is 64.5 cm³/mol. The quantitative estimate of drug-likeness (QED) is 0.637. The summed E-state index contributed by atoms with van der Waals surface area (Å²) in [6, 6.07) is 4.20. The summed E-state index contributed by atoms with van der Waals surface area (Å²) in [5.41, 5.74) is 1.41. The van der Waals surface area contributed by atoms with Crippen molar-refractivity contribution in [2.45, 2.75) is 25.7 Å². The van der Waals surface area contributed by atoms with Gasteiger partial charge in [-0.3, -0.25) is 4.98 Å². The van der Waals surface area contributed by atoms with E-state index in [1.54, 1.807) is 0 Å². The molecule has 0 fully saturated rings. The maximum absolute atomic E-state index is 4.00. The van der Waals surface area contributed by atoms with Crippen molar-refractivity contribution >= 4 is 11.8 Å². The molecular weight excluding hydrogens is 190 g/mol. The van der Waals surface area contributed by atoms with Crippen LogP contribution < -0.4 is 0 Å². The molecule has 0 aliphatic heterocycles. The van der Waals surface area contributed by atoms with Gasteiger partial charge in [0.05, 0.1) is 0 Å². The number of aromatic nitrogens is 1. The van der Waals surface area contributed by atoms with E-state index >= 15 is 0 Å². The summed E-state index contributed by atoms with van der Waals surface area (Å²) < 4.78 is 0. The van der Waals surface area contributed by atoms with Crippen LogP contribution in [-0.2, 0) is 6.42 Å². The van der Waals surface area contributed by atoms with E-state index < -0.39 is 0 Å². The van der Waals surface area contributed by atoms with Gasteiger partial charge in [-0.25, -0.2) is 0 Å². The Balaban J connectivity index is 1.99. The van der Waals surface area contributed by atoms with Gasteiger partial charge in [-0.1, -0.05) is 6.42 Å². The van der Waals surface area contributed by atoms with E-state index in [9.17, 15) is 0 Å². The lowest BCUT2D eigenvalue weighted by molar-refractivity contribution is 0.722. The van der Waals surface area contributed by atoms with Crippen LogP contribution in [0, 0.1) is 6.92 Å². The standard InChI is InChI=1S/C12H18NS/c1-2-14-11-5-3-4-6-12-7-9-13-10-8-12/h7-10H,1-6,11H2. The topological polar surface area (TPSA) is 12.9 Å². The van der Waals surface area contributed by atoms with Crippen LogP contribution in [0.15, 0.2) is 24.5 Å². The van der Waals surface area contributed by atoms with Crippen LogP contribution in [0.2, 0.25) is 0 Å². The third-order valence-corrected chi connectivity index (χ3v) is 3.01. The third kappa shape index (κ3) is 5.28. The maximum Gasteiger partial charge on any atom is 0.0270 e. The van der Waals surface area contributed by atoms with Crippen molar-refractivity contribution in [1.82, 2.24) is 4.98 Å². The molecule has 77 valence electrons. The highest BCUT2D eigenvalue weighted by Crippen LogP contribution is 2.08. The molecule has 0 bridgehead atoms. The van der Waals surface area contributed by atoms with Crippen molar-refractivity contribution in [1.29, 1.82) is 0 Å². The Kier molecular flexibility index (Phi) is 6.50. The largest absolute Gasteiger partial charge is 0.265 e. The van der Waals surface area contributed by atoms with E-state index in [2.05, 4.69) is 24.0 Å². The average Bonchev–Trinajstić information content (AvgIpc) is 2.25. The number of unbranched alkanes of at least 4 members (excludes halogenated alkanes) is 2. The first-order chi connectivity index (χ1) is 6.93. The van der Waals surface area contributed by atoms with Crippen LogP contribution >= 0.6 is 11.8 Å². The Labute approximate surface area is 91.3 Å². The smallest absolute Gasteiger partial charge is 0.0270 e. The lowest BCUT2D eigenvalue weighted by Crippen LogP contribution is -1.87. The minimum Gasteiger partial charge on any atom is -0.265 e. The lowest BCUT2D eigenvalue weighted by atomic mass is 10.1. The van der Waals surface area contributed by atoms with Crippen LogP contribution in [0.3, 0.4) is 0 Å². The zero-order valence-electron chi connectivity index (χ0n) is 8.61. The van der Waals surface area contributed by atoms with Crippen LogP contribution in [0.5, 0.6) is 0 Å². The molecule has 2 heteroatoms. The molecule has 0 aromatic carbocycles. The minimum absolute atomic E-state index is 1.00. The van der Waals surface area contributed by atoms with Crippen molar-refractivity contribution in [3.8, 4) is 0 Å². The molecule has 0 atom stereocenters. The number of hydrogen-bond acceptors (Lipinski definition) is 2. The van der Waals surface area contributed by atoms with Crippen molar-refractivity contribution in [3.63, 3.8) is 0 Å². The van der Waals surface area contributed by atoms with Crippen molar-refractivity contribution < 1.29 is 0 Å². The molecule has 0 aliphatic rings. The first kappa shape index (κ1) is 11.6. The summed E-state index contributed by atoms with van der Waals surface area (Å²) >= 11 is 1.93. The Bertz CT molecular complexity index is 223. The van der Waals surface area contributed by atoms with Gasteiger partial charge in [0.2, 0.25) is 0 Å². The second-order valence-electron chi connectivity index (χ2n) is 3.28. The van der Waals surface area contributed by atoms with Crippen LogP contribution in [0.25, 0.3) is 0 Å². The van der Waals surface area contributed by atoms with Crippen molar-refractivity contribution in [2.75, 3.05) is 11.5 Å². The fourth-order valence-corrected chi connectivity index (χ4v) is 1.97. The average molecular weight is 208 g/mol. The fraction of sp³-hybridized carbons (Fsp3) is 0.500. The van der Waals surface area contributed by atoms with Gasteiger partial charge < -0.3 is 0 Å². The van der Waals surface area contributed by atoms with E-state index in [1.807, 2.05) is 24.2 Å². The molecule has 1 radical (unpaired) electrons. The molecular formula is C12H18NS. The fourth-order valence-electron chi connectivity index (χ4n) is 1.36. The second-order valence-corrected chi connectivity index (χ2v) is 4.50. The molecule has 0 aliphatic carbocycles. The molecule has 0 spiro atoms. The first-order valence-electron chi connectivity index (χ1n) is 5.19. The molecule has 1 rings (SSSR count). The summed E-state index contributed by atoms with van der Waals surface area (Å²) in [5, 5.41) is 0. The van der Waals surface area contributed by atoms with E-state index in [4.69, 9.17) is 0 Å². The van der Waals surface area contributed by atoms with Gasteiger partial charge in [-0.2, -0.15) is 11.8 Å². The Morgan fingerprint density at radius 2 is 1.93 bits per heavy atom. The number of thioether (sulfide) groups is 1. The summed E-state index contributed by atoms with van der Waals surface area (Å²) in [7, 11) is 0. The zero-order valence-corrected chi connectivity index (χ0v) is 9.43. The Hall–Kier alpha value is -0.500. The van der Waals surface area contributed by atoms with E-state index in [1.165, 1.54) is 37.0 Å². The summed E-state index contributed by atoms with van der Waals surface area (Å²) in [6.07, 6.45) is 8.88. The summed E-state index contributed by atoms with van der Waals surface area (Å²) in [5.74, 6) is 2.27. The summed E-state index contributed by atoms with van der Waals surface area (Å²) in [4.78, 5) is 4.00. The number of aryl methyl sites for hydroxylation is 1. The van der Waals surface area contributed by atoms with Crippen molar-refractivity contribution in [2.24, 2.45) is 0 Å². The minimum atomic E-state index is 1.00. The third-order valence-electron chi connectivity index (χ3n) is 2.15. The predicted octanol–water partition coefficient (Wildman–Crippen LogP) is 3.36. The molecule has 0 saturated heterocycles. The normalized spacial score (nSPS) is 10.4. The Morgan fingerprint density at radius 3 is 2.64 bits per heavy atom. The van der Waals surface area contributed by atoms with Gasteiger partial charge in [-0.05, 0) is 55.4 Å². The SMILES string of the molecule is [CH2]CSCCCCCc1ccncc1. The molecule has 1 heterocycles. The highest BCUT2D eigenvalue weighted by atomic mass is 32.2. The second kappa shape index (κ2) is 7.86. The Morgan fingerprint density at radius 1 is 1.14 bits per heavy atom. The maximum atomic E-state index is 4.00. The number of pyridine rings is 1. The monoisotopic (exact) mass is 208 g/mol. The molecule has 1 aromatic heterocycles. The van der Waals surface area contributed by atoms with Gasteiger partial charge in [0, 0.05) is 12.4 Å². The zero-order chi connectivity index (χ0) is 10.1. The van der Waals surface area contributed by atoms with Gasteiger partial charge in [0.25, 0.3) is 0 Å². The van der Waals surface area contributed by atoms with Gasteiger partial charge in [0.1, 0.15) is 0 Å². The van der Waals surface area contributed by atoms with E-state index in [0.29, 0.717) is 0 Å². The molecule has 14 heavy (non-hydrogen) atoms. The van der Waals surface area contributed by atoms with Crippen LogP contribution in [-0.4, -0.2) is 16.5 Å². The van der Waals surface area contributed by atoms with Gasteiger partial charge in [-0.15, -0.1) is 0 Å². The molecule has 1 nitrogen and oxygen atoms in total. The molecule has 0 amide bonds. The molecule has 0 unspecified atom stereocenters.